The number of hydrogen-bond acceptors (Lipinski definition) is 5. The first-order valence-corrected chi connectivity index (χ1v) is 11.7. The molecule has 1 heterocycles. The van der Waals surface area contributed by atoms with Crippen LogP contribution in [0.5, 0.6) is 23.0 Å². The predicted octanol–water partition coefficient (Wildman–Crippen LogP) is 6.04. The Morgan fingerprint density at radius 2 is 1.49 bits per heavy atom. The summed E-state index contributed by atoms with van der Waals surface area (Å²) in [5.74, 6) is 1.92. The fraction of sp³-hybridized carbons (Fsp3) is 0.167. The van der Waals surface area contributed by atoms with Gasteiger partial charge in [-0.1, -0.05) is 42.5 Å². The van der Waals surface area contributed by atoms with Crippen LogP contribution in [0.15, 0.2) is 66.9 Å². The summed E-state index contributed by atoms with van der Waals surface area (Å²) in [6.07, 6.45) is 9.15. The van der Waals surface area contributed by atoms with Gasteiger partial charge in [-0.15, -0.1) is 0 Å². The van der Waals surface area contributed by atoms with E-state index in [4.69, 9.17) is 18.9 Å². The molecule has 0 fully saturated rings. The molecule has 0 saturated heterocycles. The number of benzene rings is 3. The highest BCUT2D eigenvalue weighted by Gasteiger charge is 2.13. The lowest BCUT2D eigenvalue weighted by atomic mass is 10.1. The highest BCUT2D eigenvalue weighted by Crippen LogP contribution is 2.39. The number of anilines is 1. The first-order chi connectivity index (χ1) is 18.0. The van der Waals surface area contributed by atoms with Crippen LogP contribution in [-0.2, 0) is 11.8 Å². The molecule has 0 spiro atoms. The van der Waals surface area contributed by atoms with E-state index in [2.05, 4.69) is 5.32 Å². The second kappa shape index (κ2) is 11.4. The van der Waals surface area contributed by atoms with Gasteiger partial charge in [0.15, 0.2) is 11.5 Å². The SMILES string of the molecule is COc1cccc(C=Cc2cc(OC)c(OC)c(OC)c2)c1NC(=O)/C=C/c1cn(C)c2ccccc12. The van der Waals surface area contributed by atoms with Gasteiger partial charge in [0.05, 0.1) is 34.1 Å². The number of para-hydroxylation sites is 2. The molecule has 0 aliphatic heterocycles. The standard InChI is InChI=1S/C30H30N2O5/c1-32-19-22(23-10-6-7-11-24(23)32)15-16-28(33)31-29-21(9-8-12-25(29)34-2)14-13-20-17-26(35-3)30(37-5)27(18-20)36-4/h6-19H,1-5H3,(H,31,33)/b14-13?,16-15+. The molecular weight excluding hydrogens is 468 g/mol. The van der Waals surface area contributed by atoms with Gasteiger partial charge in [0.1, 0.15) is 5.75 Å². The third-order valence-electron chi connectivity index (χ3n) is 6.01. The van der Waals surface area contributed by atoms with Crippen LogP contribution in [0.4, 0.5) is 5.69 Å². The Morgan fingerprint density at radius 3 is 2.16 bits per heavy atom. The number of carbonyl (C=O) groups excluding carboxylic acids is 1. The van der Waals surface area contributed by atoms with E-state index in [1.54, 1.807) is 34.5 Å². The van der Waals surface area contributed by atoms with Gasteiger partial charge >= 0.3 is 0 Å². The van der Waals surface area contributed by atoms with Gasteiger partial charge in [0.2, 0.25) is 11.7 Å². The van der Waals surface area contributed by atoms with E-state index in [-0.39, 0.29) is 5.91 Å². The summed E-state index contributed by atoms with van der Waals surface area (Å²) in [5.41, 5.74) is 4.26. The second-order valence-electron chi connectivity index (χ2n) is 8.25. The molecule has 4 aromatic rings. The van der Waals surface area contributed by atoms with E-state index in [9.17, 15) is 4.79 Å². The average Bonchev–Trinajstić information content (AvgIpc) is 3.25. The van der Waals surface area contributed by atoms with Crippen molar-refractivity contribution in [1.29, 1.82) is 0 Å². The number of fused-ring (bicyclic) bond motifs is 1. The van der Waals surface area contributed by atoms with E-state index < -0.39 is 0 Å². The fourth-order valence-corrected chi connectivity index (χ4v) is 4.21. The number of aryl methyl sites for hydroxylation is 1. The van der Waals surface area contributed by atoms with Gasteiger partial charge in [0.25, 0.3) is 0 Å². The molecule has 0 aliphatic rings. The van der Waals surface area contributed by atoms with Crippen molar-refractivity contribution in [3.8, 4) is 23.0 Å². The van der Waals surface area contributed by atoms with Crippen molar-refractivity contribution in [2.24, 2.45) is 7.05 Å². The van der Waals surface area contributed by atoms with Gasteiger partial charge in [-0.2, -0.15) is 0 Å². The zero-order chi connectivity index (χ0) is 26.4. The molecule has 0 aliphatic carbocycles. The van der Waals surface area contributed by atoms with Crippen molar-refractivity contribution in [1.82, 2.24) is 4.57 Å². The van der Waals surface area contributed by atoms with Crippen LogP contribution < -0.4 is 24.3 Å². The summed E-state index contributed by atoms with van der Waals surface area (Å²) in [7, 11) is 8.28. The number of amides is 1. The minimum atomic E-state index is -0.264. The number of ether oxygens (including phenoxy) is 4. The molecule has 1 N–H and O–H groups in total. The molecule has 3 aromatic carbocycles. The van der Waals surface area contributed by atoms with Crippen LogP contribution in [0.3, 0.4) is 0 Å². The maximum atomic E-state index is 12.9. The second-order valence-corrected chi connectivity index (χ2v) is 8.25. The summed E-state index contributed by atoms with van der Waals surface area (Å²) in [6.45, 7) is 0. The van der Waals surface area contributed by atoms with Crippen molar-refractivity contribution in [3.63, 3.8) is 0 Å². The Morgan fingerprint density at radius 1 is 0.784 bits per heavy atom. The molecule has 0 bridgehead atoms. The van der Waals surface area contributed by atoms with Crippen LogP contribution in [0, 0.1) is 0 Å². The van der Waals surface area contributed by atoms with E-state index in [1.165, 1.54) is 6.08 Å². The lowest BCUT2D eigenvalue weighted by molar-refractivity contribution is -0.111. The Labute approximate surface area is 216 Å². The van der Waals surface area contributed by atoms with E-state index >= 15 is 0 Å². The van der Waals surface area contributed by atoms with E-state index in [0.29, 0.717) is 28.7 Å². The number of hydrogen-bond donors (Lipinski definition) is 1. The van der Waals surface area contributed by atoms with Crippen LogP contribution in [0.1, 0.15) is 16.7 Å². The maximum Gasteiger partial charge on any atom is 0.248 e. The Balaban J connectivity index is 1.61. The van der Waals surface area contributed by atoms with Crippen molar-refractivity contribution < 1.29 is 23.7 Å². The van der Waals surface area contributed by atoms with Crippen molar-refractivity contribution >= 4 is 40.7 Å². The molecule has 7 heteroatoms. The fourth-order valence-electron chi connectivity index (χ4n) is 4.21. The molecule has 4 rings (SSSR count). The molecular formula is C30H30N2O5. The molecule has 0 saturated carbocycles. The molecule has 1 aromatic heterocycles. The molecule has 7 nitrogen and oxygen atoms in total. The van der Waals surface area contributed by atoms with Gasteiger partial charge in [-0.25, -0.2) is 0 Å². The van der Waals surface area contributed by atoms with Gasteiger partial charge in [-0.05, 0) is 35.9 Å². The predicted molar refractivity (Wildman–Crippen MR) is 149 cm³/mol. The first kappa shape index (κ1) is 25.4. The van der Waals surface area contributed by atoms with Crippen LogP contribution in [0.25, 0.3) is 29.1 Å². The monoisotopic (exact) mass is 498 g/mol. The van der Waals surface area contributed by atoms with Crippen molar-refractivity contribution in [3.05, 3.63) is 83.6 Å². The minimum Gasteiger partial charge on any atom is -0.495 e. The molecule has 190 valence electrons. The number of rotatable bonds is 9. The number of carbonyl (C=O) groups is 1. The van der Waals surface area contributed by atoms with Gasteiger partial charge in [-0.3, -0.25) is 4.79 Å². The molecule has 37 heavy (non-hydrogen) atoms. The molecule has 1 amide bonds. The summed E-state index contributed by atoms with van der Waals surface area (Å²) in [5, 5.41) is 4.06. The number of methoxy groups -OCH3 is 4. The summed E-state index contributed by atoms with van der Waals surface area (Å²) in [6, 6.07) is 17.4. The van der Waals surface area contributed by atoms with Gasteiger partial charge in [0, 0.05) is 41.4 Å². The van der Waals surface area contributed by atoms with E-state index in [1.807, 2.05) is 84.6 Å². The Kier molecular flexibility index (Phi) is 7.83. The lowest BCUT2D eigenvalue weighted by Gasteiger charge is -2.13. The zero-order valence-electron chi connectivity index (χ0n) is 21.6. The summed E-state index contributed by atoms with van der Waals surface area (Å²) in [4.78, 5) is 12.9. The number of aromatic nitrogens is 1. The first-order valence-electron chi connectivity index (χ1n) is 11.7. The zero-order valence-corrected chi connectivity index (χ0v) is 21.6. The van der Waals surface area contributed by atoms with Crippen molar-refractivity contribution in [2.75, 3.05) is 33.8 Å². The topological polar surface area (TPSA) is 71.0 Å². The highest BCUT2D eigenvalue weighted by molar-refractivity contribution is 6.05. The van der Waals surface area contributed by atoms with E-state index in [0.717, 1.165) is 27.6 Å². The van der Waals surface area contributed by atoms with Crippen LogP contribution >= 0.6 is 0 Å². The van der Waals surface area contributed by atoms with Gasteiger partial charge < -0.3 is 28.8 Å². The molecule has 0 radical (unpaired) electrons. The summed E-state index contributed by atoms with van der Waals surface area (Å²) >= 11 is 0. The largest absolute Gasteiger partial charge is 0.495 e. The maximum absolute atomic E-state index is 12.9. The molecule has 0 unspecified atom stereocenters. The Hall–Kier alpha value is -4.65. The summed E-state index contributed by atoms with van der Waals surface area (Å²) < 4.78 is 23.9. The Bertz CT molecular complexity index is 1460. The normalized spacial score (nSPS) is 11.3. The minimum absolute atomic E-state index is 0.264. The smallest absolute Gasteiger partial charge is 0.248 e. The third-order valence-corrected chi connectivity index (χ3v) is 6.01. The van der Waals surface area contributed by atoms with Crippen LogP contribution in [-0.4, -0.2) is 38.9 Å². The quantitative estimate of drug-likeness (QED) is 0.225. The third kappa shape index (κ3) is 5.46. The average molecular weight is 499 g/mol. The number of nitrogens with zero attached hydrogens (tertiary/aromatic N) is 1. The van der Waals surface area contributed by atoms with Crippen molar-refractivity contribution in [2.45, 2.75) is 0 Å². The number of nitrogens with one attached hydrogen (secondary N) is 1. The van der Waals surface area contributed by atoms with Crippen LogP contribution in [0.2, 0.25) is 0 Å². The molecule has 0 atom stereocenters. The lowest BCUT2D eigenvalue weighted by Crippen LogP contribution is -2.10. The highest BCUT2D eigenvalue weighted by atomic mass is 16.5.